The van der Waals surface area contributed by atoms with Gasteiger partial charge in [0.25, 0.3) is 11.8 Å². The second kappa shape index (κ2) is 10.9. The molecule has 3 aromatic carbocycles. The smallest absolute Gasteiger partial charge is 0.326 e. The third-order valence-electron chi connectivity index (χ3n) is 7.58. The number of nitrogens with one attached hydrogen (secondary N) is 1. The fraction of sp³-hybridized carbons (Fsp3) is 0.258. The minimum Gasteiger partial charge on any atom is -0.480 e. The van der Waals surface area contributed by atoms with Crippen molar-refractivity contribution in [3.63, 3.8) is 0 Å². The van der Waals surface area contributed by atoms with Gasteiger partial charge in [-0.3, -0.25) is 9.59 Å². The normalized spacial score (nSPS) is 14.0. The third-order valence-corrected chi connectivity index (χ3v) is 8.69. The summed E-state index contributed by atoms with van der Waals surface area (Å²) in [4.78, 5) is 40.6. The highest BCUT2D eigenvalue weighted by Gasteiger charge is 2.28. The number of rotatable bonds is 7. The summed E-state index contributed by atoms with van der Waals surface area (Å²) in [5.41, 5.74) is 5.43. The number of amides is 2. The zero-order valence-electron chi connectivity index (χ0n) is 22.9. The van der Waals surface area contributed by atoms with Crippen molar-refractivity contribution in [2.75, 3.05) is 12.8 Å². The van der Waals surface area contributed by atoms with Gasteiger partial charge in [0, 0.05) is 42.3 Å². The summed E-state index contributed by atoms with van der Waals surface area (Å²) in [5, 5.41) is 13.4. The summed E-state index contributed by atoms with van der Waals surface area (Å²) < 4.78 is 29.3. The number of fused-ring (bicyclic) bond motifs is 2. The number of aliphatic carboxylic acids is 1. The quantitative estimate of drug-likeness (QED) is 0.340. The van der Waals surface area contributed by atoms with Gasteiger partial charge < -0.3 is 19.7 Å². The fourth-order valence-corrected chi connectivity index (χ4v) is 6.18. The van der Waals surface area contributed by atoms with E-state index in [2.05, 4.69) is 5.32 Å². The van der Waals surface area contributed by atoms with Gasteiger partial charge >= 0.3 is 5.97 Å². The number of carboxylic acid groups (broad SMARTS) is 1. The Morgan fingerprint density at radius 2 is 1.85 bits per heavy atom. The highest BCUT2D eigenvalue weighted by molar-refractivity contribution is 7.90. The summed E-state index contributed by atoms with van der Waals surface area (Å²) in [6.45, 7) is 4.50. The minimum atomic E-state index is -3.46. The Bertz CT molecular complexity index is 1810. The van der Waals surface area contributed by atoms with Crippen LogP contribution in [0.4, 0.5) is 0 Å². The van der Waals surface area contributed by atoms with E-state index in [0.29, 0.717) is 47.3 Å². The standard InChI is InChI=1S/C31H30N2O7S/c1-18-13-23-17-33(30(35)22-8-7-21-10-12-40-27(21)16-22)11-9-25(23)19(2)28(18)29(34)32-26(31(36)37)15-20-5-4-6-24(14-20)41(3,38)39/h4-8,10,12-14,16,26H,9,11,15,17H2,1-3H3,(H,32,34)(H,36,37). The van der Waals surface area contributed by atoms with E-state index >= 15 is 0 Å². The molecule has 0 saturated heterocycles. The number of sulfone groups is 1. The zero-order valence-corrected chi connectivity index (χ0v) is 23.7. The summed E-state index contributed by atoms with van der Waals surface area (Å²) in [7, 11) is -3.46. The maximum atomic E-state index is 13.4. The van der Waals surface area contributed by atoms with E-state index in [4.69, 9.17) is 4.42 Å². The largest absolute Gasteiger partial charge is 0.480 e. The summed E-state index contributed by atoms with van der Waals surface area (Å²) in [5.74, 6) is -1.84. The average Bonchev–Trinajstić information content (AvgIpc) is 3.39. The Morgan fingerprint density at radius 1 is 1.07 bits per heavy atom. The second-order valence-electron chi connectivity index (χ2n) is 10.5. The van der Waals surface area contributed by atoms with Crippen molar-refractivity contribution < 1.29 is 32.3 Å². The van der Waals surface area contributed by atoms with Crippen molar-refractivity contribution in [2.24, 2.45) is 0 Å². The Morgan fingerprint density at radius 3 is 2.59 bits per heavy atom. The predicted molar refractivity (Wildman–Crippen MR) is 153 cm³/mol. The molecule has 0 saturated carbocycles. The van der Waals surface area contributed by atoms with Gasteiger partial charge in [-0.25, -0.2) is 13.2 Å². The topological polar surface area (TPSA) is 134 Å². The van der Waals surface area contributed by atoms with Gasteiger partial charge in [0.15, 0.2) is 9.84 Å². The Balaban J connectivity index is 1.35. The predicted octanol–water partition coefficient (Wildman–Crippen LogP) is 4.08. The van der Waals surface area contributed by atoms with E-state index < -0.39 is 27.8 Å². The van der Waals surface area contributed by atoms with E-state index in [1.54, 1.807) is 42.4 Å². The van der Waals surface area contributed by atoms with Crippen LogP contribution in [0.2, 0.25) is 0 Å². The molecule has 9 nitrogen and oxygen atoms in total. The summed E-state index contributed by atoms with van der Waals surface area (Å²) in [6.07, 6.45) is 3.15. The van der Waals surface area contributed by atoms with Gasteiger partial charge in [0.05, 0.1) is 11.2 Å². The van der Waals surface area contributed by atoms with Gasteiger partial charge in [-0.05, 0) is 78.4 Å². The fourth-order valence-electron chi connectivity index (χ4n) is 5.49. The number of carboxylic acids is 1. The van der Waals surface area contributed by atoms with E-state index in [9.17, 15) is 27.9 Å². The average molecular weight is 575 g/mol. The van der Waals surface area contributed by atoms with Gasteiger partial charge in [-0.2, -0.15) is 0 Å². The molecule has 1 atom stereocenters. The number of hydrogen-bond donors (Lipinski definition) is 2. The maximum absolute atomic E-state index is 13.4. The van der Waals surface area contributed by atoms with Crippen molar-refractivity contribution in [2.45, 2.75) is 44.2 Å². The number of nitrogens with zero attached hydrogens (tertiary/aromatic N) is 1. The van der Waals surface area contributed by atoms with Crippen LogP contribution >= 0.6 is 0 Å². The van der Waals surface area contributed by atoms with Gasteiger partial charge in [-0.1, -0.05) is 24.3 Å². The molecule has 1 aliphatic heterocycles. The van der Waals surface area contributed by atoms with Crippen molar-refractivity contribution in [3.05, 3.63) is 99.8 Å². The molecule has 0 aliphatic carbocycles. The van der Waals surface area contributed by atoms with Crippen molar-refractivity contribution in [1.82, 2.24) is 10.2 Å². The molecule has 10 heteroatoms. The van der Waals surface area contributed by atoms with E-state index in [-0.39, 0.29) is 17.2 Å². The first kappa shape index (κ1) is 28.1. The lowest BCUT2D eigenvalue weighted by Gasteiger charge is -2.31. The number of furan rings is 1. The molecule has 1 aliphatic rings. The molecule has 1 aromatic heterocycles. The van der Waals surface area contributed by atoms with Crippen LogP contribution in [0.1, 0.15) is 48.5 Å². The number of carbonyl (C=O) groups is 3. The van der Waals surface area contributed by atoms with Crippen molar-refractivity contribution in [1.29, 1.82) is 0 Å². The molecule has 2 amide bonds. The first-order valence-electron chi connectivity index (χ1n) is 13.1. The molecule has 0 bridgehead atoms. The van der Waals surface area contributed by atoms with Crippen LogP contribution in [0.25, 0.3) is 11.0 Å². The molecular formula is C31H30N2O7S. The van der Waals surface area contributed by atoms with Gasteiger partial charge in [0.2, 0.25) is 0 Å². The molecule has 0 spiro atoms. The Kier molecular flexibility index (Phi) is 7.44. The minimum absolute atomic E-state index is 0.0751. The number of hydrogen-bond acceptors (Lipinski definition) is 6. The maximum Gasteiger partial charge on any atom is 0.326 e. The number of aryl methyl sites for hydroxylation is 1. The number of benzene rings is 3. The molecule has 41 heavy (non-hydrogen) atoms. The molecule has 212 valence electrons. The molecular weight excluding hydrogens is 544 g/mol. The van der Waals surface area contributed by atoms with Crippen LogP contribution in [-0.4, -0.2) is 55.1 Å². The Hall–Kier alpha value is -4.44. The van der Waals surface area contributed by atoms with Crippen LogP contribution in [0.3, 0.4) is 0 Å². The third kappa shape index (κ3) is 5.74. The summed E-state index contributed by atoms with van der Waals surface area (Å²) >= 11 is 0. The molecule has 5 rings (SSSR count). The molecule has 0 radical (unpaired) electrons. The highest BCUT2D eigenvalue weighted by atomic mass is 32.2. The summed E-state index contributed by atoms with van der Waals surface area (Å²) in [6, 6.07) is 13.9. The lowest BCUT2D eigenvalue weighted by Crippen LogP contribution is -2.43. The first-order chi connectivity index (χ1) is 19.4. The van der Waals surface area contributed by atoms with Gasteiger partial charge in [0.1, 0.15) is 11.6 Å². The Labute approximate surface area is 237 Å². The lowest BCUT2D eigenvalue weighted by molar-refractivity contribution is -0.139. The van der Waals surface area contributed by atoms with Crippen molar-refractivity contribution >= 4 is 38.6 Å². The second-order valence-corrected chi connectivity index (χ2v) is 12.5. The van der Waals surface area contributed by atoms with E-state index in [1.807, 2.05) is 25.1 Å². The van der Waals surface area contributed by atoms with Crippen LogP contribution in [0, 0.1) is 13.8 Å². The van der Waals surface area contributed by atoms with Gasteiger partial charge in [-0.15, -0.1) is 0 Å². The van der Waals surface area contributed by atoms with Crippen LogP contribution in [0.5, 0.6) is 0 Å². The molecule has 2 heterocycles. The van der Waals surface area contributed by atoms with E-state index in [0.717, 1.165) is 28.3 Å². The molecule has 1 unspecified atom stereocenters. The first-order valence-corrected chi connectivity index (χ1v) is 15.0. The SMILES string of the molecule is Cc1cc2c(c(C)c1C(=O)NC(Cc1cccc(S(C)(=O)=O)c1)C(=O)O)CCN(C(=O)c1ccc3ccoc3c1)C2. The number of carbonyl (C=O) groups excluding carboxylic acids is 2. The molecule has 2 N–H and O–H groups in total. The lowest BCUT2D eigenvalue weighted by atomic mass is 9.88. The highest BCUT2D eigenvalue weighted by Crippen LogP contribution is 2.29. The molecule has 0 fully saturated rings. The van der Waals surface area contributed by atoms with Crippen molar-refractivity contribution in [3.8, 4) is 0 Å². The van der Waals surface area contributed by atoms with Crippen LogP contribution in [0.15, 0.2) is 70.2 Å². The van der Waals surface area contributed by atoms with Crippen LogP contribution in [-0.2, 0) is 34.0 Å². The zero-order chi connectivity index (χ0) is 29.5. The monoisotopic (exact) mass is 574 g/mol. The van der Waals surface area contributed by atoms with E-state index in [1.165, 1.54) is 12.1 Å². The van der Waals surface area contributed by atoms with Crippen LogP contribution < -0.4 is 5.32 Å². The molecule has 4 aromatic rings.